The van der Waals surface area contributed by atoms with Crippen molar-refractivity contribution in [3.63, 3.8) is 0 Å². The lowest BCUT2D eigenvalue weighted by molar-refractivity contribution is -0.123. The number of aryl methyl sites for hydroxylation is 1. The average molecular weight is 304 g/mol. The molecule has 0 aromatic heterocycles. The van der Waals surface area contributed by atoms with E-state index in [4.69, 9.17) is 16.3 Å². The summed E-state index contributed by atoms with van der Waals surface area (Å²) in [5, 5.41) is 3.54. The topological polar surface area (TPSA) is 38.3 Å². The molecule has 0 radical (unpaired) electrons. The van der Waals surface area contributed by atoms with Crippen molar-refractivity contribution in [3.05, 3.63) is 64.7 Å². The molecule has 1 N–H and O–H groups in total. The van der Waals surface area contributed by atoms with Gasteiger partial charge in [-0.05, 0) is 43.7 Å². The molecule has 0 saturated carbocycles. The van der Waals surface area contributed by atoms with Gasteiger partial charge in [-0.15, -0.1) is 0 Å². The number of hydrogen-bond acceptors (Lipinski definition) is 2. The Morgan fingerprint density at radius 2 is 1.95 bits per heavy atom. The zero-order chi connectivity index (χ0) is 15.2. The molecule has 2 aromatic rings. The second kappa shape index (κ2) is 7.14. The fraction of sp³-hybridized carbons (Fsp3) is 0.235. The number of amides is 1. The van der Waals surface area contributed by atoms with E-state index in [9.17, 15) is 4.79 Å². The molecule has 3 nitrogen and oxygen atoms in total. The normalized spacial score (nSPS) is 11.8. The van der Waals surface area contributed by atoms with Crippen LogP contribution in [-0.4, -0.2) is 12.5 Å². The van der Waals surface area contributed by atoms with Gasteiger partial charge in [0.05, 0.1) is 6.04 Å². The van der Waals surface area contributed by atoms with E-state index in [1.165, 1.54) is 0 Å². The Labute approximate surface area is 129 Å². The van der Waals surface area contributed by atoms with Crippen LogP contribution < -0.4 is 10.1 Å². The van der Waals surface area contributed by atoms with Crippen LogP contribution in [0.15, 0.2) is 48.5 Å². The lowest BCUT2D eigenvalue weighted by atomic mass is 10.1. The highest BCUT2D eigenvalue weighted by Gasteiger charge is 2.10. The number of rotatable bonds is 5. The number of nitrogens with one attached hydrogen (secondary N) is 1. The third-order valence-corrected chi connectivity index (χ3v) is 3.35. The Bertz CT molecular complexity index is 610. The van der Waals surface area contributed by atoms with Crippen molar-refractivity contribution in [3.8, 4) is 5.75 Å². The van der Waals surface area contributed by atoms with Crippen molar-refractivity contribution in [1.82, 2.24) is 5.32 Å². The molecular formula is C17H18ClNO2. The van der Waals surface area contributed by atoms with E-state index in [1.807, 2.05) is 56.3 Å². The lowest BCUT2D eigenvalue weighted by Gasteiger charge is -2.15. The first-order valence-electron chi connectivity index (χ1n) is 6.79. The number of halogens is 1. The van der Waals surface area contributed by atoms with Crippen molar-refractivity contribution in [1.29, 1.82) is 0 Å². The molecule has 21 heavy (non-hydrogen) atoms. The molecule has 0 fully saturated rings. The molecule has 110 valence electrons. The van der Waals surface area contributed by atoms with Crippen LogP contribution in [0.25, 0.3) is 0 Å². The summed E-state index contributed by atoms with van der Waals surface area (Å²) >= 11 is 5.94. The molecule has 0 heterocycles. The fourth-order valence-corrected chi connectivity index (χ4v) is 2.12. The number of carbonyl (C=O) groups is 1. The van der Waals surface area contributed by atoms with Crippen LogP contribution in [0.3, 0.4) is 0 Å². The monoisotopic (exact) mass is 303 g/mol. The van der Waals surface area contributed by atoms with Gasteiger partial charge in [0, 0.05) is 5.02 Å². The number of benzene rings is 2. The quantitative estimate of drug-likeness (QED) is 0.909. The minimum absolute atomic E-state index is 0.00599. The zero-order valence-electron chi connectivity index (χ0n) is 12.1. The van der Waals surface area contributed by atoms with E-state index in [2.05, 4.69) is 5.32 Å². The highest BCUT2D eigenvalue weighted by molar-refractivity contribution is 6.30. The SMILES string of the molecule is Cc1ccc(OCC(=O)NC(C)c2cccc(Cl)c2)cc1. The van der Waals surface area contributed by atoms with Gasteiger partial charge < -0.3 is 10.1 Å². The summed E-state index contributed by atoms with van der Waals surface area (Å²) in [4.78, 5) is 11.9. The van der Waals surface area contributed by atoms with Gasteiger partial charge in [0.1, 0.15) is 5.75 Å². The zero-order valence-corrected chi connectivity index (χ0v) is 12.9. The molecule has 0 saturated heterocycles. The van der Waals surface area contributed by atoms with Gasteiger partial charge in [0.2, 0.25) is 0 Å². The lowest BCUT2D eigenvalue weighted by Crippen LogP contribution is -2.31. The highest BCUT2D eigenvalue weighted by Crippen LogP contribution is 2.17. The molecule has 0 bridgehead atoms. The number of hydrogen-bond donors (Lipinski definition) is 1. The fourth-order valence-electron chi connectivity index (χ4n) is 1.93. The van der Waals surface area contributed by atoms with Gasteiger partial charge in [0.15, 0.2) is 6.61 Å². The van der Waals surface area contributed by atoms with E-state index in [0.29, 0.717) is 10.8 Å². The predicted molar refractivity (Wildman–Crippen MR) is 84.7 cm³/mol. The Hall–Kier alpha value is -2.00. The van der Waals surface area contributed by atoms with E-state index < -0.39 is 0 Å². The first kappa shape index (κ1) is 15.4. The molecule has 0 aliphatic rings. The Balaban J connectivity index is 1.85. The van der Waals surface area contributed by atoms with Crippen molar-refractivity contribution >= 4 is 17.5 Å². The van der Waals surface area contributed by atoms with Crippen molar-refractivity contribution < 1.29 is 9.53 Å². The summed E-state index contributed by atoms with van der Waals surface area (Å²) in [6, 6.07) is 14.9. The van der Waals surface area contributed by atoms with Crippen LogP contribution in [0, 0.1) is 6.92 Å². The summed E-state index contributed by atoms with van der Waals surface area (Å²) < 4.78 is 5.45. The Kier molecular flexibility index (Phi) is 5.23. The van der Waals surface area contributed by atoms with Gasteiger partial charge >= 0.3 is 0 Å². The Morgan fingerprint density at radius 3 is 2.62 bits per heavy atom. The molecule has 2 rings (SSSR count). The standard InChI is InChI=1S/C17H18ClNO2/c1-12-6-8-16(9-7-12)21-11-17(20)19-13(2)14-4-3-5-15(18)10-14/h3-10,13H,11H2,1-2H3,(H,19,20). The number of ether oxygens (including phenoxy) is 1. The third-order valence-electron chi connectivity index (χ3n) is 3.12. The molecule has 1 atom stereocenters. The van der Waals surface area contributed by atoms with E-state index >= 15 is 0 Å². The molecular weight excluding hydrogens is 286 g/mol. The Morgan fingerprint density at radius 1 is 1.24 bits per heavy atom. The van der Waals surface area contributed by atoms with E-state index in [0.717, 1.165) is 11.1 Å². The molecule has 0 aliphatic carbocycles. The summed E-state index contributed by atoms with van der Waals surface area (Å²) in [5.74, 6) is 0.522. The number of carbonyl (C=O) groups excluding carboxylic acids is 1. The second-order valence-corrected chi connectivity index (χ2v) is 5.38. The van der Waals surface area contributed by atoms with Crippen LogP contribution in [0.4, 0.5) is 0 Å². The molecule has 1 unspecified atom stereocenters. The third kappa shape index (κ3) is 4.80. The van der Waals surface area contributed by atoms with Gasteiger partial charge in [-0.2, -0.15) is 0 Å². The molecule has 4 heteroatoms. The summed E-state index contributed by atoms with van der Waals surface area (Å²) in [7, 11) is 0. The smallest absolute Gasteiger partial charge is 0.258 e. The van der Waals surface area contributed by atoms with Crippen molar-refractivity contribution in [2.45, 2.75) is 19.9 Å². The summed E-state index contributed by atoms with van der Waals surface area (Å²) in [5.41, 5.74) is 2.12. The van der Waals surface area contributed by atoms with Gasteiger partial charge in [0.25, 0.3) is 5.91 Å². The summed E-state index contributed by atoms with van der Waals surface area (Å²) in [6.07, 6.45) is 0. The van der Waals surface area contributed by atoms with Crippen LogP contribution in [0.2, 0.25) is 5.02 Å². The maximum Gasteiger partial charge on any atom is 0.258 e. The van der Waals surface area contributed by atoms with Crippen LogP contribution in [0.1, 0.15) is 24.1 Å². The van der Waals surface area contributed by atoms with Crippen LogP contribution >= 0.6 is 11.6 Å². The average Bonchev–Trinajstić information content (AvgIpc) is 2.46. The first-order chi connectivity index (χ1) is 10.0. The van der Waals surface area contributed by atoms with Gasteiger partial charge in [-0.3, -0.25) is 4.79 Å². The molecule has 0 spiro atoms. The van der Waals surface area contributed by atoms with Crippen LogP contribution in [-0.2, 0) is 4.79 Å². The second-order valence-electron chi connectivity index (χ2n) is 4.95. The summed E-state index contributed by atoms with van der Waals surface area (Å²) in [6.45, 7) is 3.91. The van der Waals surface area contributed by atoms with Crippen LogP contribution in [0.5, 0.6) is 5.75 Å². The van der Waals surface area contributed by atoms with E-state index in [1.54, 1.807) is 6.07 Å². The first-order valence-corrected chi connectivity index (χ1v) is 7.16. The molecule has 0 aliphatic heterocycles. The molecule has 2 aromatic carbocycles. The minimum Gasteiger partial charge on any atom is -0.484 e. The van der Waals surface area contributed by atoms with Gasteiger partial charge in [-0.1, -0.05) is 41.4 Å². The maximum absolute atomic E-state index is 11.9. The van der Waals surface area contributed by atoms with Crippen molar-refractivity contribution in [2.75, 3.05) is 6.61 Å². The molecule has 1 amide bonds. The highest BCUT2D eigenvalue weighted by atomic mass is 35.5. The predicted octanol–water partition coefficient (Wildman–Crippen LogP) is 3.90. The van der Waals surface area contributed by atoms with E-state index in [-0.39, 0.29) is 18.6 Å². The largest absolute Gasteiger partial charge is 0.484 e. The minimum atomic E-state index is -0.164. The van der Waals surface area contributed by atoms with Gasteiger partial charge in [-0.25, -0.2) is 0 Å². The van der Waals surface area contributed by atoms with Crippen molar-refractivity contribution in [2.24, 2.45) is 0 Å². The maximum atomic E-state index is 11.9.